The Balaban J connectivity index is 2.21. The maximum Gasteiger partial charge on any atom is 0.119 e. The summed E-state index contributed by atoms with van der Waals surface area (Å²) in [6.07, 6.45) is 1.16. The molecule has 0 radical (unpaired) electrons. The lowest BCUT2D eigenvalue weighted by Crippen LogP contribution is -2.19. The average Bonchev–Trinajstić information content (AvgIpc) is 2.31. The molecule has 1 aromatic carbocycles. The van der Waals surface area contributed by atoms with Gasteiger partial charge in [-0.1, -0.05) is 12.1 Å². The van der Waals surface area contributed by atoms with Gasteiger partial charge < -0.3 is 15.4 Å². The normalized spacial score (nSPS) is 10.4. The van der Waals surface area contributed by atoms with Gasteiger partial charge in [-0.25, -0.2) is 0 Å². The van der Waals surface area contributed by atoms with E-state index in [0.717, 1.165) is 38.4 Å². The van der Waals surface area contributed by atoms with Crippen LogP contribution in [0.5, 0.6) is 5.75 Å². The second-order valence-corrected chi connectivity index (χ2v) is 3.71. The fraction of sp³-hybridized carbons (Fsp3) is 0.538. The van der Waals surface area contributed by atoms with Gasteiger partial charge in [0.2, 0.25) is 0 Å². The maximum absolute atomic E-state index is 5.39. The van der Waals surface area contributed by atoms with E-state index < -0.39 is 0 Å². The SMILES string of the molecule is CCOc1ccc(CNCCCNC)cc1. The Labute approximate surface area is 98.2 Å². The van der Waals surface area contributed by atoms with Gasteiger partial charge in [-0.2, -0.15) is 0 Å². The standard InChI is InChI=1S/C13H22N2O/c1-3-16-13-7-5-12(6-8-13)11-15-10-4-9-14-2/h5-8,14-15H,3-4,9-11H2,1-2H3. The minimum Gasteiger partial charge on any atom is -0.494 e. The van der Waals surface area contributed by atoms with Crippen molar-refractivity contribution in [1.82, 2.24) is 10.6 Å². The zero-order chi connectivity index (χ0) is 11.6. The zero-order valence-electron chi connectivity index (χ0n) is 10.3. The molecule has 0 aliphatic rings. The maximum atomic E-state index is 5.39. The van der Waals surface area contributed by atoms with Gasteiger partial charge in [0.05, 0.1) is 6.61 Å². The molecular formula is C13H22N2O. The van der Waals surface area contributed by atoms with Crippen LogP contribution in [-0.2, 0) is 6.54 Å². The highest BCUT2D eigenvalue weighted by Gasteiger charge is 1.94. The van der Waals surface area contributed by atoms with Crippen molar-refractivity contribution >= 4 is 0 Å². The lowest BCUT2D eigenvalue weighted by Gasteiger charge is -2.06. The highest BCUT2D eigenvalue weighted by Crippen LogP contribution is 2.11. The molecule has 0 aliphatic carbocycles. The highest BCUT2D eigenvalue weighted by molar-refractivity contribution is 5.27. The Kier molecular flexibility index (Phi) is 6.61. The third-order valence-electron chi connectivity index (χ3n) is 2.34. The number of ether oxygens (including phenoxy) is 1. The van der Waals surface area contributed by atoms with Crippen LogP contribution in [0.1, 0.15) is 18.9 Å². The molecule has 0 fully saturated rings. The summed E-state index contributed by atoms with van der Waals surface area (Å²) >= 11 is 0. The van der Waals surface area contributed by atoms with Crippen molar-refractivity contribution < 1.29 is 4.74 Å². The monoisotopic (exact) mass is 222 g/mol. The third-order valence-corrected chi connectivity index (χ3v) is 2.34. The van der Waals surface area contributed by atoms with Crippen LogP contribution in [0.2, 0.25) is 0 Å². The molecule has 0 heterocycles. The third kappa shape index (κ3) is 5.14. The fourth-order valence-electron chi connectivity index (χ4n) is 1.49. The van der Waals surface area contributed by atoms with E-state index in [4.69, 9.17) is 4.74 Å². The molecule has 0 amide bonds. The molecule has 16 heavy (non-hydrogen) atoms. The van der Waals surface area contributed by atoms with Gasteiger partial charge in [0.15, 0.2) is 0 Å². The molecule has 1 rings (SSSR count). The first kappa shape index (κ1) is 13.0. The van der Waals surface area contributed by atoms with Gasteiger partial charge in [-0.15, -0.1) is 0 Å². The van der Waals surface area contributed by atoms with Gasteiger partial charge in [-0.05, 0) is 51.2 Å². The second-order valence-electron chi connectivity index (χ2n) is 3.71. The summed E-state index contributed by atoms with van der Waals surface area (Å²) in [5.74, 6) is 0.946. The molecule has 0 aliphatic heterocycles. The largest absolute Gasteiger partial charge is 0.494 e. The summed E-state index contributed by atoms with van der Waals surface area (Å²) in [7, 11) is 1.98. The van der Waals surface area contributed by atoms with Crippen molar-refractivity contribution in [3.8, 4) is 5.75 Å². The van der Waals surface area contributed by atoms with E-state index in [9.17, 15) is 0 Å². The van der Waals surface area contributed by atoms with Crippen LogP contribution in [0.4, 0.5) is 0 Å². The second kappa shape index (κ2) is 8.13. The molecule has 2 N–H and O–H groups in total. The van der Waals surface area contributed by atoms with Gasteiger partial charge in [0.1, 0.15) is 5.75 Å². The van der Waals surface area contributed by atoms with Crippen LogP contribution in [0.3, 0.4) is 0 Å². The van der Waals surface area contributed by atoms with Crippen molar-refractivity contribution in [2.24, 2.45) is 0 Å². The Morgan fingerprint density at radius 3 is 2.50 bits per heavy atom. The first-order valence-electron chi connectivity index (χ1n) is 5.94. The lowest BCUT2D eigenvalue weighted by atomic mass is 10.2. The van der Waals surface area contributed by atoms with Crippen LogP contribution in [0, 0.1) is 0 Å². The van der Waals surface area contributed by atoms with Crippen molar-refractivity contribution in [1.29, 1.82) is 0 Å². The molecule has 1 aromatic rings. The Hall–Kier alpha value is -1.06. The number of nitrogens with one attached hydrogen (secondary N) is 2. The van der Waals surface area contributed by atoms with Crippen LogP contribution in [0.15, 0.2) is 24.3 Å². The first-order chi connectivity index (χ1) is 7.86. The average molecular weight is 222 g/mol. The van der Waals surface area contributed by atoms with Gasteiger partial charge in [0, 0.05) is 6.54 Å². The Morgan fingerprint density at radius 2 is 1.88 bits per heavy atom. The minimum atomic E-state index is 0.724. The van der Waals surface area contributed by atoms with Crippen LogP contribution in [-0.4, -0.2) is 26.7 Å². The topological polar surface area (TPSA) is 33.3 Å². The molecule has 0 saturated heterocycles. The highest BCUT2D eigenvalue weighted by atomic mass is 16.5. The molecule has 0 unspecified atom stereocenters. The Bertz CT molecular complexity index is 272. The quantitative estimate of drug-likeness (QED) is 0.658. The van der Waals surface area contributed by atoms with Crippen LogP contribution < -0.4 is 15.4 Å². The summed E-state index contributed by atoms with van der Waals surface area (Å²) in [5.41, 5.74) is 1.30. The summed E-state index contributed by atoms with van der Waals surface area (Å²) in [4.78, 5) is 0. The molecule has 0 atom stereocenters. The van der Waals surface area contributed by atoms with Crippen molar-refractivity contribution in [3.05, 3.63) is 29.8 Å². The van der Waals surface area contributed by atoms with E-state index in [0.29, 0.717) is 0 Å². The predicted molar refractivity (Wildman–Crippen MR) is 67.9 cm³/mol. The predicted octanol–water partition coefficient (Wildman–Crippen LogP) is 1.78. The Morgan fingerprint density at radius 1 is 1.12 bits per heavy atom. The van der Waals surface area contributed by atoms with Crippen LogP contribution in [0.25, 0.3) is 0 Å². The van der Waals surface area contributed by atoms with E-state index in [-0.39, 0.29) is 0 Å². The molecule has 90 valence electrons. The smallest absolute Gasteiger partial charge is 0.119 e. The molecule has 3 nitrogen and oxygen atoms in total. The summed E-state index contributed by atoms with van der Waals surface area (Å²) < 4.78 is 5.39. The lowest BCUT2D eigenvalue weighted by molar-refractivity contribution is 0.340. The molecule has 0 bridgehead atoms. The van der Waals surface area contributed by atoms with Gasteiger partial charge >= 0.3 is 0 Å². The van der Waals surface area contributed by atoms with E-state index in [1.807, 2.05) is 26.1 Å². The van der Waals surface area contributed by atoms with Gasteiger partial charge in [-0.3, -0.25) is 0 Å². The van der Waals surface area contributed by atoms with Gasteiger partial charge in [0.25, 0.3) is 0 Å². The molecule has 0 spiro atoms. The van der Waals surface area contributed by atoms with Crippen LogP contribution >= 0.6 is 0 Å². The van der Waals surface area contributed by atoms with E-state index in [1.165, 1.54) is 5.56 Å². The number of rotatable bonds is 8. The van der Waals surface area contributed by atoms with Crippen molar-refractivity contribution in [2.45, 2.75) is 19.9 Å². The summed E-state index contributed by atoms with van der Waals surface area (Å²) in [6.45, 7) is 5.76. The van der Waals surface area contributed by atoms with E-state index >= 15 is 0 Å². The van der Waals surface area contributed by atoms with Crippen molar-refractivity contribution in [2.75, 3.05) is 26.7 Å². The number of benzene rings is 1. The van der Waals surface area contributed by atoms with Crippen molar-refractivity contribution in [3.63, 3.8) is 0 Å². The molecular weight excluding hydrogens is 200 g/mol. The fourth-order valence-corrected chi connectivity index (χ4v) is 1.49. The molecule has 0 saturated carbocycles. The van der Waals surface area contributed by atoms with E-state index in [1.54, 1.807) is 0 Å². The zero-order valence-corrected chi connectivity index (χ0v) is 10.3. The first-order valence-corrected chi connectivity index (χ1v) is 5.94. The summed E-state index contributed by atoms with van der Waals surface area (Å²) in [5, 5.41) is 6.54. The minimum absolute atomic E-state index is 0.724. The molecule has 0 aromatic heterocycles. The summed E-state index contributed by atoms with van der Waals surface area (Å²) in [6, 6.07) is 8.26. The number of hydrogen-bond acceptors (Lipinski definition) is 3. The van der Waals surface area contributed by atoms with E-state index in [2.05, 4.69) is 22.8 Å². The number of hydrogen-bond donors (Lipinski definition) is 2. The molecule has 3 heteroatoms.